The van der Waals surface area contributed by atoms with Crippen LogP contribution >= 0.6 is 0 Å². The normalized spacial score (nSPS) is 10.3. The summed E-state index contributed by atoms with van der Waals surface area (Å²) in [5.74, 6) is 0.599. The lowest BCUT2D eigenvalue weighted by Crippen LogP contribution is -2.17. The van der Waals surface area contributed by atoms with E-state index in [-0.39, 0.29) is 18.6 Å². The van der Waals surface area contributed by atoms with Gasteiger partial charge in [0.1, 0.15) is 12.3 Å². The van der Waals surface area contributed by atoms with Crippen molar-refractivity contribution in [1.29, 1.82) is 0 Å². The second kappa shape index (κ2) is 8.40. The van der Waals surface area contributed by atoms with Gasteiger partial charge in [-0.3, -0.25) is 4.79 Å². The molecule has 1 N–H and O–H groups in total. The SMILES string of the molecule is CCCCOC(=O)CNc1ccc(OC(C)C)cc1. The largest absolute Gasteiger partial charge is 0.491 e. The number of carbonyl (C=O) groups is 1. The maximum absolute atomic E-state index is 11.4. The lowest BCUT2D eigenvalue weighted by molar-refractivity contribution is -0.141. The molecule has 4 nitrogen and oxygen atoms in total. The summed E-state index contributed by atoms with van der Waals surface area (Å²) in [4.78, 5) is 11.4. The van der Waals surface area contributed by atoms with E-state index >= 15 is 0 Å². The van der Waals surface area contributed by atoms with Crippen LogP contribution in [0.5, 0.6) is 5.75 Å². The maximum Gasteiger partial charge on any atom is 0.325 e. The molecule has 0 aromatic heterocycles. The monoisotopic (exact) mass is 265 g/mol. The van der Waals surface area contributed by atoms with E-state index in [0.717, 1.165) is 24.3 Å². The highest BCUT2D eigenvalue weighted by Gasteiger charge is 2.02. The fourth-order valence-electron chi connectivity index (χ4n) is 1.48. The third-order valence-electron chi connectivity index (χ3n) is 2.42. The van der Waals surface area contributed by atoms with E-state index in [2.05, 4.69) is 12.2 Å². The molecule has 0 saturated carbocycles. The van der Waals surface area contributed by atoms with Gasteiger partial charge in [-0.1, -0.05) is 13.3 Å². The van der Waals surface area contributed by atoms with Crippen molar-refractivity contribution in [2.75, 3.05) is 18.5 Å². The average Bonchev–Trinajstić information content (AvgIpc) is 2.37. The van der Waals surface area contributed by atoms with Gasteiger partial charge in [-0.25, -0.2) is 0 Å². The van der Waals surface area contributed by atoms with Gasteiger partial charge in [0, 0.05) is 5.69 Å². The highest BCUT2D eigenvalue weighted by molar-refractivity contribution is 5.75. The molecule has 1 aromatic carbocycles. The van der Waals surface area contributed by atoms with E-state index in [1.807, 2.05) is 38.1 Å². The minimum atomic E-state index is -0.226. The van der Waals surface area contributed by atoms with Gasteiger partial charge < -0.3 is 14.8 Å². The molecule has 1 rings (SSSR count). The third-order valence-corrected chi connectivity index (χ3v) is 2.42. The van der Waals surface area contributed by atoms with Gasteiger partial charge >= 0.3 is 5.97 Å². The van der Waals surface area contributed by atoms with Gasteiger partial charge in [-0.2, -0.15) is 0 Å². The zero-order valence-corrected chi connectivity index (χ0v) is 11.9. The number of benzene rings is 1. The van der Waals surface area contributed by atoms with Crippen LogP contribution in [0.3, 0.4) is 0 Å². The van der Waals surface area contributed by atoms with Gasteiger partial charge in [0.15, 0.2) is 0 Å². The first-order chi connectivity index (χ1) is 9.11. The molecule has 106 valence electrons. The number of hydrogen-bond donors (Lipinski definition) is 1. The Morgan fingerprint density at radius 1 is 1.26 bits per heavy atom. The van der Waals surface area contributed by atoms with Crippen LogP contribution in [-0.4, -0.2) is 25.2 Å². The predicted octanol–water partition coefficient (Wildman–Crippen LogP) is 3.23. The Balaban J connectivity index is 2.31. The number of nitrogens with one attached hydrogen (secondary N) is 1. The number of carbonyl (C=O) groups excluding carboxylic acids is 1. The summed E-state index contributed by atoms with van der Waals surface area (Å²) in [6.45, 7) is 6.72. The van der Waals surface area contributed by atoms with Crippen LogP contribution in [-0.2, 0) is 9.53 Å². The zero-order valence-electron chi connectivity index (χ0n) is 11.9. The van der Waals surface area contributed by atoms with E-state index in [1.165, 1.54) is 0 Å². The summed E-state index contributed by atoms with van der Waals surface area (Å²) >= 11 is 0. The molecule has 0 bridgehead atoms. The summed E-state index contributed by atoms with van der Waals surface area (Å²) in [5.41, 5.74) is 0.878. The maximum atomic E-state index is 11.4. The van der Waals surface area contributed by atoms with Crippen LogP contribution in [0.2, 0.25) is 0 Å². The second-order valence-electron chi connectivity index (χ2n) is 4.62. The Labute approximate surface area is 115 Å². The molecular weight excluding hydrogens is 242 g/mol. The Bertz CT molecular complexity index is 373. The first kappa shape index (κ1) is 15.3. The summed E-state index contributed by atoms with van der Waals surface area (Å²) < 4.78 is 10.6. The number of esters is 1. The lowest BCUT2D eigenvalue weighted by atomic mass is 10.3. The molecule has 0 aliphatic rings. The van der Waals surface area contributed by atoms with Crippen molar-refractivity contribution in [1.82, 2.24) is 0 Å². The van der Waals surface area contributed by atoms with Crippen molar-refractivity contribution in [3.05, 3.63) is 24.3 Å². The fourth-order valence-corrected chi connectivity index (χ4v) is 1.48. The van der Waals surface area contributed by atoms with Crippen molar-refractivity contribution < 1.29 is 14.3 Å². The second-order valence-corrected chi connectivity index (χ2v) is 4.62. The van der Waals surface area contributed by atoms with Crippen LogP contribution < -0.4 is 10.1 Å². The molecule has 0 aliphatic heterocycles. The van der Waals surface area contributed by atoms with Gasteiger partial charge in [0.25, 0.3) is 0 Å². The van der Waals surface area contributed by atoms with Gasteiger partial charge in [0.2, 0.25) is 0 Å². The number of hydrogen-bond acceptors (Lipinski definition) is 4. The molecule has 0 fully saturated rings. The minimum absolute atomic E-state index is 0.160. The fraction of sp³-hybridized carbons (Fsp3) is 0.533. The average molecular weight is 265 g/mol. The molecule has 0 radical (unpaired) electrons. The predicted molar refractivity (Wildman–Crippen MR) is 76.6 cm³/mol. The lowest BCUT2D eigenvalue weighted by Gasteiger charge is -2.11. The van der Waals surface area contributed by atoms with Crippen LogP contribution in [0.25, 0.3) is 0 Å². The van der Waals surface area contributed by atoms with E-state index in [4.69, 9.17) is 9.47 Å². The summed E-state index contributed by atoms with van der Waals surface area (Å²) in [6, 6.07) is 7.53. The smallest absolute Gasteiger partial charge is 0.325 e. The van der Waals surface area contributed by atoms with Crippen molar-refractivity contribution in [3.8, 4) is 5.75 Å². The Hall–Kier alpha value is -1.71. The van der Waals surface area contributed by atoms with Crippen molar-refractivity contribution >= 4 is 11.7 Å². The van der Waals surface area contributed by atoms with Gasteiger partial charge in [0.05, 0.1) is 12.7 Å². The van der Waals surface area contributed by atoms with E-state index in [1.54, 1.807) is 0 Å². The van der Waals surface area contributed by atoms with Crippen LogP contribution in [0.15, 0.2) is 24.3 Å². The van der Waals surface area contributed by atoms with Crippen LogP contribution in [0.1, 0.15) is 33.6 Å². The highest BCUT2D eigenvalue weighted by atomic mass is 16.5. The zero-order chi connectivity index (χ0) is 14.1. The molecule has 0 spiro atoms. The van der Waals surface area contributed by atoms with E-state index < -0.39 is 0 Å². The molecule has 0 atom stereocenters. The molecule has 0 saturated heterocycles. The van der Waals surface area contributed by atoms with Crippen LogP contribution in [0, 0.1) is 0 Å². The Morgan fingerprint density at radius 3 is 2.53 bits per heavy atom. The summed E-state index contributed by atoms with van der Waals surface area (Å²) in [6.07, 6.45) is 2.10. The standard InChI is InChI=1S/C15H23NO3/c1-4-5-10-18-15(17)11-16-13-6-8-14(9-7-13)19-12(2)3/h6-9,12,16H,4-5,10-11H2,1-3H3. The number of unbranched alkanes of at least 4 members (excludes halogenated alkanes) is 1. The number of ether oxygens (including phenoxy) is 2. The number of rotatable bonds is 8. The van der Waals surface area contributed by atoms with Crippen molar-refractivity contribution in [2.24, 2.45) is 0 Å². The van der Waals surface area contributed by atoms with Gasteiger partial charge in [-0.05, 0) is 44.5 Å². The van der Waals surface area contributed by atoms with Crippen molar-refractivity contribution in [2.45, 2.75) is 39.7 Å². The molecule has 0 aliphatic carbocycles. The summed E-state index contributed by atoms with van der Waals surface area (Å²) in [7, 11) is 0. The molecule has 0 heterocycles. The van der Waals surface area contributed by atoms with Crippen LogP contribution in [0.4, 0.5) is 5.69 Å². The van der Waals surface area contributed by atoms with Crippen molar-refractivity contribution in [3.63, 3.8) is 0 Å². The molecular formula is C15H23NO3. The molecule has 4 heteroatoms. The first-order valence-corrected chi connectivity index (χ1v) is 6.78. The number of anilines is 1. The first-order valence-electron chi connectivity index (χ1n) is 6.78. The molecule has 1 aromatic rings. The quantitative estimate of drug-likeness (QED) is 0.579. The minimum Gasteiger partial charge on any atom is -0.491 e. The molecule has 0 amide bonds. The van der Waals surface area contributed by atoms with Gasteiger partial charge in [-0.15, -0.1) is 0 Å². The third kappa shape index (κ3) is 6.70. The summed E-state index contributed by atoms with van der Waals surface area (Å²) in [5, 5.41) is 3.02. The molecule has 19 heavy (non-hydrogen) atoms. The molecule has 0 unspecified atom stereocenters. The topological polar surface area (TPSA) is 47.6 Å². The van der Waals surface area contributed by atoms with E-state index in [9.17, 15) is 4.79 Å². The Morgan fingerprint density at radius 2 is 1.95 bits per heavy atom. The Kier molecular flexibility index (Phi) is 6.79. The highest BCUT2D eigenvalue weighted by Crippen LogP contribution is 2.16. The van der Waals surface area contributed by atoms with E-state index in [0.29, 0.717) is 6.61 Å².